The Morgan fingerprint density at radius 1 is 1.12 bits per heavy atom. The van der Waals surface area contributed by atoms with Crippen LogP contribution in [0.3, 0.4) is 0 Å². The predicted molar refractivity (Wildman–Crippen MR) is 130 cm³/mol. The van der Waals surface area contributed by atoms with Crippen LogP contribution in [0.15, 0.2) is 42.5 Å². The zero-order valence-corrected chi connectivity index (χ0v) is 19.6. The topological polar surface area (TPSA) is 64.7 Å². The van der Waals surface area contributed by atoms with E-state index >= 15 is 0 Å². The highest BCUT2D eigenvalue weighted by Gasteiger charge is 2.23. The molecule has 3 rings (SSSR count). The Morgan fingerprint density at radius 3 is 2.47 bits per heavy atom. The van der Waals surface area contributed by atoms with E-state index in [1.165, 1.54) is 18.2 Å². The molecule has 6 nitrogen and oxygen atoms in total. The van der Waals surface area contributed by atoms with Crippen LogP contribution in [0.1, 0.15) is 30.6 Å². The first-order valence-corrected chi connectivity index (χ1v) is 11.2. The summed E-state index contributed by atoms with van der Waals surface area (Å²) in [7, 11) is 0. The largest absolute Gasteiger partial charge is 0.366 e. The van der Waals surface area contributed by atoms with E-state index in [2.05, 4.69) is 15.5 Å². The molecule has 2 aromatic rings. The number of thiocarbonyl (C=S) groups is 1. The minimum Gasteiger partial charge on any atom is -0.366 e. The van der Waals surface area contributed by atoms with E-state index < -0.39 is 11.7 Å². The molecule has 2 aromatic carbocycles. The van der Waals surface area contributed by atoms with E-state index in [-0.39, 0.29) is 16.6 Å². The molecule has 1 fully saturated rings. The van der Waals surface area contributed by atoms with Crippen LogP contribution in [-0.4, -0.2) is 48.0 Å². The van der Waals surface area contributed by atoms with Gasteiger partial charge in [0.15, 0.2) is 5.11 Å². The zero-order valence-electron chi connectivity index (χ0n) is 18.0. The highest BCUT2D eigenvalue weighted by molar-refractivity contribution is 7.80. The van der Waals surface area contributed by atoms with Crippen molar-refractivity contribution in [3.8, 4) is 0 Å². The van der Waals surface area contributed by atoms with Crippen LogP contribution < -0.4 is 15.5 Å². The molecule has 0 bridgehead atoms. The molecular weight excluding hydrogens is 451 g/mol. The van der Waals surface area contributed by atoms with E-state index in [1.807, 2.05) is 24.8 Å². The average molecular weight is 477 g/mol. The average Bonchev–Trinajstić information content (AvgIpc) is 2.73. The molecule has 0 unspecified atom stereocenters. The molecule has 1 aliphatic heterocycles. The number of hydrogen-bond donors (Lipinski definition) is 2. The Kier molecular flexibility index (Phi) is 8.04. The second-order valence-electron chi connectivity index (χ2n) is 8.02. The monoisotopic (exact) mass is 476 g/mol. The number of halogens is 2. The molecule has 2 amide bonds. The second kappa shape index (κ2) is 10.7. The van der Waals surface area contributed by atoms with Gasteiger partial charge in [-0.1, -0.05) is 37.6 Å². The van der Waals surface area contributed by atoms with Gasteiger partial charge in [0.05, 0.1) is 16.9 Å². The molecule has 0 saturated carbocycles. The van der Waals surface area contributed by atoms with Gasteiger partial charge < -0.3 is 15.1 Å². The number of carbonyl (C=O) groups excluding carboxylic acids is 2. The second-order valence-corrected chi connectivity index (χ2v) is 8.86. The number of anilines is 2. The molecule has 2 N–H and O–H groups in total. The summed E-state index contributed by atoms with van der Waals surface area (Å²) in [4.78, 5) is 28.7. The number of benzene rings is 2. The molecule has 0 spiro atoms. The molecule has 170 valence electrons. The number of hydrogen-bond acceptors (Lipinski definition) is 4. The number of nitrogens with one attached hydrogen (secondary N) is 2. The first kappa shape index (κ1) is 23.9. The standard InChI is InChI=1S/C23H26ClFN4O2S/c1-15(2)13-21(30)29-11-9-28(10-12-29)20-8-7-16(24)14-19(20)26-23(32)27-22(31)17-5-3-4-6-18(17)25/h3-8,14-15H,9-13H2,1-2H3,(H2,26,27,31,32). The summed E-state index contributed by atoms with van der Waals surface area (Å²) in [6, 6.07) is 11.1. The van der Waals surface area contributed by atoms with Gasteiger partial charge in [-0.25, -0.2) is 4.39 Å². The van der Waals surface area contributed by atoms with E-state index in [0.717, 1.165) is 5.69 Å². The maximum absolute atomic E-state index is 13.9. The molecule has 0 atom stereocenters. The van der Waals surface area contributed by atoms with Crippen LogP contribution in [0.2, 0.25) is 5.02 Å². The molecule has 0 aromatic heterocycles. The molecule has 1 heterocycles. The fourth-order valence-electron chi connectivity index (χ4n) is 3.53. The summed E-state index contributed by atoms with van der Waals surface area (Å²) < 4.78 is 13.9. The van der Waals surface area contributed by atoms with Crippen molar-refractivity contribution in [2.45, 2.75) is 20.3 Å². The third-order valence-electron chi connectivity index (χ3n) is 5.11. The van der Waals surface area contributed by atoms with Crippen molar-refractivity contribution in [1.82, 2.24) is 10.2 Å². The van der Waals surface area contributed by atoms with Gasteiger partial charge in [-0.2, -0.15) is 0 Å². The molecule has 9 heteroatoms. The van der Waals surface area contributed by atoms with Crippen molar-refractivity contribution in [1.29, 1.82) is 0 Å². The van der Waals surface area contributed by atoms with E-state index in [9.17, 15) is 14.0 Å². The van der Waals surface area contributed by atoms with Crippen LogP contribution in [-0.2, 0) is 4.79 Å². The lowest BCUT2D eigenvalue weighted by Crippen LogP contribution is -2.49. The van der Waals surface area contributed by atoms with Crippen LogP contribution in [0.25, 0.3) is 0 Å². The van der Waals surface area contributed by atoms with Gasteiger partial charge in [0.25, 0.3) is 5.91 Å². The Hall–Kier alpha value is -2.71. The summed E-state index contributed by atoms with van der Waals surface area (Å²) in [6.07, 6.45) is 0.545. The Labute approximate surface area is 197 Å². The van der Waals surface area contributed by atoms with Crippen molar-refractivity contribution < 1.29 is 14.0 Å². The van der Waals surface area contributed by atoms with Crippen molar-refractivity contribution in [3.05, 3.63) is 58.9 Å². The number of rotatable bonds is 5. The Bertz CT molecular complexity index is 1010. The molecule has 32 heavy (non-hydrogen) atoms. The molecule has 0 radical (unpaired) electrons. The smallest absolute Gasteiger partial charge is 0.260 e. The summed E-state index contributed by atoms with van der Waals surface area (Å²) >= 11 is 11.5. The number of amides is 2. The number of nitrogens with zero attached hydrogens (tertiary/aromatic N) is 2. The highest BCUT2D eigenvalue weighted by atomic mass is 35.5. The minimum atomic E-state index is -0.638. The third kappa shape index (κ3) is 6.17. The summed E-state index contributed by atoms with van der Waals surface area (Å²) in [6.45, 7) is 6.65. The van der Waals surface area contributed by atoms with Crippen LogP contribution >= 0.6 is 23.8 Å². The SMILES string of the molecule is CC(C)CC(=O)N1CCN(c2ccc(Cl)cc2NC(=S)NC(=O)c2ccccc2F)CC1. The van der Waals surface area contributed by atoms with Crippen LogP contribution in [0.4, 0.5) is 15.8 Å². The minimum absolute atomic E-state index is 0.0347. The quantitative estimate of drug-likeness (QED) is 0.630. The lowest BCUT2D eigenvalue weighted by atomic mass is 10.1. The van der Waals surface area contributed by atoms with Crippen LogP contribution in [0, 0.1) is 11.7 Å². The number of carbonyl (C=O) groups is 2. The Morgan fingerprint density at radius 2 is 1.81 bits per heavy atom. The van der Waals surface area contributed by atoms with Crippen molar-refractivity contribution in [2.24, 2.45) is 5.92 Å². The first-order valence-electron chi connectivity index (χ1n) is 10.4. The third-order valence-corrected chi connectivity index (χ3v) is 5.55. The van der Waals surface area contributed by atoms with Crippen molar-refractivity contribution >= 4 is 52.1 Å². The maximum Gasteiger partial charge on any atom is 0.260 e. The van der Waals surface area contributed by atoms with Gasteiger partial charge in [0.2, 0.25) is 5.91 Å². The van der Waals surface area contributed by atoms with Crippen molar-refractivity contribution in [2.75, 3.05) is 36.4 Å². The first-order chi connectivity index (χ1) is 15.2. The van der Waals surface area contributed by atoms with Gasteiger partial charge in [0, 0.05) is 37.6 Å². The normalized spacial score (nSPS) is 13.8. The lowest BCUT2D eigenvalue weighted by Gasteiger charge is -2.37. The van der Waals surface area contributed by atoms with E-state index in [1.54, 1.807) is 18.2 Å². The van der Waals surface area contributed by atoms with E-state index in [4.69, 9.17) is 23.8 Å². The van der Waals surface area contributed by atoms with Gasteiger partial charge >= 0.3 is 0 Å². The fraction of sp³-hybridized carbons (Fsp3) is 0.348. The molecule has 1 saturated heterocycles. The van der Waals surface area contributed by atoms with Gasteiger partial charge in [-0.15, -0.1) is 0 Å². The summed E-state index contributed by atoms with van der Waals surface area (Å²) in [5.41, 5.74) is 1.39. The molecular formula is C23H26ClFN4O2S. The molecule has 0 aliphatic carbocycles. The fourth-order valence-corrected chi connectivity index (χ4v) is 3.90. The van der Waals surface area contributed by atoms with Crippen molar-refractivity contribution in [3.63, 3.8) is 0 Å². The predicted octanol–water partition coefficient (Wildman–Crippen LogP) is 4.30. The van der Waals surface area contributed by atoms with Gasteiger partial charge in [0.1, 0.15) is 5.82 Å². The molecule has 1 aliphatic rings. The zero-order chi connectivity index (χ0) is 23.3. The lowest BCUT2D eigenvalue weighted by molar-refractivity contribution is -0.132. The van der Waals surface area contributed by atoms with Gasteiger partial charge in [-0.3, -0.25) is 14.9 Å². The van der Waals surface area contributed by atoms with Gasteiger partial charge in [-0.05, 0) is 48.5 Å². The summed E-state index contributed by atoms with van der Waals surface area (Å²) in [5, 5.41) is 6.04. The number of piperazine rings is 1. The van der Waals surface area contributed by atoms with Crippen LogP contribution in [0.5, 0.6) is 0 Å². The Balaban J connectivity index is 1.67. The maximum atomic E-state index is 13.9. The van der Waals surface area contributed by atoms with E-state index in [0.29, 0.717) is 49.2 Å². The summed E-state index contributed by atoms with van der Waals surface area (Å²) in [5.74, 6) is -0.762. The highest BCUT2D eigenvalue weighted by Crippen LogP contribution is 2.30.